The quantitative estimate of drug-likeness (QED) is 0.508. The van der Waals surface area contributed by atoms with Crippen LogP contribution in [0.2, 0.25) is 0 Å². The van der Waals surface area contributed by atoms with Crippen molar-refractivity contribution in [3.05, 3.63) is 0 Å². The van der Waals surface area contributed by atoms with Gasteiger partial charge in [0.05, 0.1) is 0 Å². The molecule has 0 bridgehead atoms. The molecule has 0 spiro atoms. The predicted octanol–water partition coefficient (Wildman–Crippen LogP) is 2.63. The van der Waals surface area contributed by atoms with Gasteiger partial charge in [-0.1, -0.05) is 0 Å². The topological polar surface area (TPSA) is 25.1 Å². The molecule has 4 unspecified atom stereocenters. The Labute approximate surface area is 95.8 Å². The summed E-state index contributed by atoms with van der Waals surface area (Å²) in [4.78, 5) is 0. The molecule has 2 saturated heterocycles. The molecule has 12 heteroatoms. The third-order valence-corrected chi connectivity index (χ3v) is 3.41. The number of epoxide rings is 2. The smallest absolute Gasteiger partial charge is 0.311 e. The highest BCUT2D eigenvalue weighted by Crippen LogP contribution is 2.85. The molecule has 0 N–H and O–H groups in total. The number of alkyl halides is 10. The van der Waals surface area contributed by atoms with Gasteiger partial charge in [-0.3, -0.25) is 4.74 Å². The lowest BCUT2D eigenvalue weighted by Gasteiger charge is -2.34. The van der Waals surface area contributed by atoms with E-state index in [-0.39, 0.29) is 0 Å². The van der Waals surface area contributed by atoms with Gasteiger partial charge in [-0.25, -0.2) is 4.39 Å². The van der Waals surface area contributed by atoms with Crippen molar-refractivity contribution in [1.29, 1.82) is 0 Å². The molecule has 0 aromatic rings. The zero-order valence-electron chi connectivity index (χ0n) is 8.10. The van der Waals surface area contributed by atoms with Crippen LogP contribution in [0.1, 0.15) is 0 Å². The van der Waals surface area contributed by atoms with Gasteiger partial charge in [-0.05, 0) is 0 Å². The summed E-state index contributed by atoms with van der Waals surface area (Å²) in [5.41, 5.74) is -5.49. The van der Waals surface area contributed by atoms with Crippen molar-refractivity contribution < 1.29 is 53.4 Å². The average Bonchev–Trinajstić information content (AvgIpc) is 3.00. The number of halogens is 10. The Kier molecular flexibility index (Phi) is 1.69. The Morgan fingerprint density at radius 2 is 1.00 bits per heavy atom. The van der Waals surface area contributed by atoms with E-state index in [1.165, 1.54) is 0 Å². The minimum Gasteiger partial charge on any atom is -0.311 e. The maximum Gasteiger partial charge on any atom is 0.429 e. The fourth-order valence-electron chi connectivity index (χ4n) is 2.29. The van der Waals surface area contributed by atoms with E-state index < -0.39 is 41.2 Å². The van der Waals surface area contributed by atoms with Gasteiger partial charge >= 0.3 is 41.2 Å². The lowest BCUT2D eigenvalue weighted by Crippen LogP contribution is -2.70. The average molecular weight is 306 g/mol. The van der Waals surface area contributed by atoms with Crippen molar-refractivity contribution in [2.75, 3.05) is 0 Å². The monoisotopic (exact) mass is 306 g/mol. The van der Waals surface area contributed by atoms with Gasteiger partial charge in [0.1, 0.15) is 0 Å². The van der Waals surface area contributed by atoms with Crippen molar-refractivity contribution in [3.63, 3.8) is 0 Å². The molecule has 2 nitrogen and oxygen atoms in total. The van der Waals surface area contributed by atoms with Crippen LogP contribution in [0, 0.1) is 0 Å². The van der Waals surface area contributed by atoms with E-state index in [9.17, 15) is 43.9 Å². The number of hydrogen-bond donors (Lipinski definition) is 0. The second kappa shape index (κ2) is 2.43. The van der Waals surface area contributed by atoms with Crippen LogP contribution in [0.25, 0.3) is 0 Å². The van der Waals surface area contributed by atoms with Gasteiger partial charge in [-0.2, -0.15) is 39.5 Å². The zero-order valence-corrected chi connectivity index (χ0v) is 8.10. The van der Waals surface area contributed by atoms with E-state index in [4.69, 9.17) is 0 Å². The third-order valence-electron chi connectivity index (χ3n) is 3.41. The number of hydrogen-bond acceptors (Lipinski definition) is 2. The molecule has 3 aliphatic rings. The molecule has 3 rings (SSSR count). The number of rotatable bonds is 0. The first-order valence-corrected chi connectivity index (χ1v) is 4.46. The van der Waals surface area contributed by atoms with E-state index >= 15 is 0 Å². The molecule has 3 fully saturated rings. The third kappa shape index (κ3) is 0.809. The Balaban J connectivity index is 2.27. The Hall–Kier alpha value is -0.780. The summed E-state index contributed by atoms with van der Waals surface area (Å²) in [6.07, 6.45) is -6.42. The fraction of sp³-hybridized carbons (Fsp3) is 1.00. The molecule has 0 aromatic carbocycles. The maximum absolute atomic E-state index is 13.4. The summed E-state index contributed by atoms with van der Waals surface area (Å²) in [6.45, 7) is 0. The highest BCUT2D eigenvalue weighted by molar-refractivity contribution is 5.42. The molecule has 110 valence electrons. The van der Waals surface area contributed by atoms with Crippen LogP contribution in [-0.2, 0) is 9.47 Å². The zero-order chi connectivity index (χ0) is 14.9. The van der Waals surface area contributed by atoms with Crippen molar-refractivity contribution >= 4 is 0 Å². The maximum atomic E-state index is 13.4. The minimum atomic E-state index is -6.42. The first-order valence-electron chi connectivity index (χ1n) is 4.46. The van der Waals surface area contributed by atoms with Crippen LogP contribution in [0.4, 0.5) is 43.9 Å². The summed E-state index contributed by atoms with van der Waals surface area (Å²) >= 11 is 0. The molecule has 2 aliphatic heterocycles. The molecule has 0 radical (unpaired) electrons. The van der Waals surface area contributed by atoms with E-state index in [0.29, 0.717) is 0 Å². The van der Waals surface area contributed by atoms with Gasteiger partial charge < -0.3 is 4.74 Å². The number of ether oxygens (including phenoxy) is 2. The van der Waals surface area contributed by atoms with E-state index in [1.54, 1.807) is 0 Å². The normalized spacial score (nSPS) is 57.2. The highest BCUT2D eigenvalue weighted by Gasteiger charge is 3.18. The largest absolute Gasteiger partial charge is 0.429 e. The first kappa shape index (κ1) is 13.2. The summed E-state index contributed by atoms with van der Waals surface area (Å²) in [5, 5.41) is 0. The summed E-state index contributed by atoms with van der Waals surface area (Å²) in [6, 6.07) is 0. The summed E-state index contributed by atoms with van der Waals surface area (Å²) < 4.78 is 136. The van der Waals surface area contributed by atoms with Crippen LogP contribution in [0.15, 0.2) is 0 Å². The standard InChI is InChI=1S/C7F10O2/c8-2(9)1(7(15,16)17)4(12,18-1)3(10,11)6(14)5(2,13)19-6. The van der Waals surface area contributed by atoms with E-state index in [0.717, 1.165) is 0 Å². The molecule has 2 heterocycles. The molecule has 0 aromatic heterocycles. The lowest BCUT2D eigenvalue weighted by molar-refractivity contribution is -0.312. The van der Waals surface area contributed by atoms with Crippen molar-refractivity contribution in [2.24, 2.45) is 0 Å². The lowest BCUT2D eigenvalue weighted by atomic mass is 9.78. The van der Waals surface area contributed by atoms with Crippen molar-refractivity contribution in [3.8, 4) is 0 Å². The SMILES string of the molecule is FC(F)(F)C12OC1(F)C(F)(F)C1(F)OC1(F)C2(F)F. The van der Waals surface area contributed by atoms with Crippen molar-refractivity contribution in [1.82, 2.24) is 0 Å². The van der Waals surface area contributed by atoms with Crippen LogP contribution < -0.4 is 0 Å². The van der Waals surface area contributed by atoms with Crippen LogP contribution >= 0.6 is 0 Å². The van der Waals surface area contributed by atoms with Crippen LogP contribution in [-0.4, -0.2) is 41.2 Å². The molecule has 1 aliphatic carbocycles. The summed E-state index contributed by atoms with van der Waals surface area (Å²) in [7, 11) is 0. The Morgan fingerprint density at radius 3 is 1.42 bits per heavy atom. The predicted molar refractivity (Wildman–Crippen MR) is 32.4 cm³/mol. The molecule has 0 amide bonds. The van der Waals surface area contributed by atoms with Gasteiger partial charge in [0.15, 0.2) is 0 Å². The fourth-order valence-corrected chi connectivity index (χ4v) is 2.29. The van der Waals surface area contributed by atoms with Gasteiger partial charge in [-0.15, -0.1) is 0 Å². The molecular formula is C7F10O2. The number of fused-ring (bicyclic) bond motifs is 2. The van der Waals surface area contributed by atoms with E-state index in [2.05, 4.69) is 9.47 Å². The first-order chi connectivity index (χ1) is 8.16. The molecule has 4 atom stereocenters. The van der Waals surface area contributed by atoms with Crippen LogP contribution in [0.5, 0.6) is 0 Å². The van der Waals surface area contributed by atoms with Gasteiger partial charge in [0.2, 0.25) is 0 Å². The van der Waals surface area contributed by atoms with E-state index in [1.807, 2.05) is 0 Å². The molecule has 1 saturated carbocycles. The second-order valence-corrected chi connectivity index (χ2v) is 4.32. The highest BCUT2D eigenvalue weighted by atomic mass is 19.4. The molecular weight excluding hydrogens is 306 g/mol. The minimum absolute atomic E-state index is 2.82. The van der Waals surface area contributed by atoms with Crippen LogP contribution in [0.3, 0.4) is 0 Å². The Morgan fingerprint density at radius 1 is 0.579 bits per heavy atom. The molecule has 19 heavy (non-hydrogen) atoms. The second-order valence-electron chi connectivity index (χ2n) is 4.32. The van der Waals surface area contributed by atoms with Gasteiger partial charge in [0.25, 0.3) is 0 Å². The Bertz CT molecular complexity index is 489. The van der Waals surface area contributed by atoms with Gasteiger partial charge in [0, 0.05) is 0 Å². The van der Waals surface area contributed by atoms with Crippen molar-refractivity contribution in [2.45, 2.75) is 41.2 Å². The summed E-state index contributed by atoms with van der Waals surface area (Å²) in [5.74, 6) is -27.9.